The Hall–Kier alpha value is -0.0100. The van der Waals surface area contributed by atoms with Gasteiger partial charge in [-0.25, -0.2) is 0 Å². The lowest BCUT2D eigenvalue weighted by molar-refractivity contribution is 0.247. The predicted octanol–water partition coefficient (Wildman–Crippen LogP) is 3.50. The minimum absolute atomic E-state index is 0.298. The highest BCUT2D eigenvalue weighted by Crippen LogP contribution is 2.05. The number of aliphatic hydroxyl groups excluding tert-OH is 1. The van der Waals surface area contributed by atoms with Gasteiger partial charge in [-0.15, -0.1) is 11.6 Å². The van der Waals surface area contributed by atoms with Crippen LogP contribution in [0.25, 0.3) is 0 Å². The van der Waals surface area contributed by atoms with E-state index in [1.165, 1.54) is 32.1 Å². The molecule has 1 nitrogen and oxygen atoms in total. The van der Waals surface area contributed by atoms with E-state index in [4.69, 9.17) is 16.7 Å². The van der Waals surface area contributed by atoms with Crippen LogP contribution in [-0.4, -0.2) is 17.1 Å². The minimum atomic E-state index is -0.461. The maximum Gasteiger partial charge on any atom is 0.0856 e. The monoisotopic (exact) mass is 204 g/mol. The number of hydrogen-bond acceptors (Lipinski definition) is 1. The number of rotatable bonds is 8. The molecule has 0 saturated carbocycles. The predicted molar refractivity (Wildman–Crippen MR) is 59.2 cm³/mol. The first-order chi connectivity index (χ1) is 6.31. The second kappa shape index (κ2) is 10.1. The second-order valence-corrected chi connectivity index (χ2v) is 3.66. The molecule has 0 spiro atoms. The average Bonchev–Trinajstić information content (AvgIpc) is 2.16. The molecular weight excluding hydrogens is 184 g/mol. The maximum absolute atomic E-state index is 9.08. The van der Waals surface area contributed by atoms with Crippen molar-refractivity contribution in [2.24, 2.45) is 0 Å². The lowest BCUT2D eigenvalue weighted by Gasteiger charge is -1.98. The minimum Gasteiger partial charge on any atom is -0.388 e. The summed E-state index contributed by atoms with van der Waals surface area (Å²) in [6.45, 7) is 2.22. The molecule has 78 valence electrons. The van der Waals surface area contributed by atoms with Gasteiger partial charge >= 0.3 is 0 Å². The van der Waals surface area contributed by atoms with E-state index in [-0.39, 0.29) is 0 Å². The lowest BCUT2D eigenvalue weighted by atomic mass is 10.1. The molecule has 0 aliphatic carbocycles. The molecule has 0 radical (unpaired) electrons. The third-order valence-electron chi connectivity index (χ3n) is 1.99. The molecule has 0 fully saturated rings. The second-order valence-electron chi connectivity index (χ2n) is 3.35. The zero-order chi connectivity index (χ0) is 9.94. The van der Waals surface area contributed by atoms with E-state index < -0.39 is 6.10 Å². The number of unbranched alkanes of at least 4 members (excludes halogenated alkanes) is 5. The SMILES string of the molecule is CCCCCCCC=CC(O)CCl. The Balaban J connectivity index is 3.10. The van der Waals surface area contributed by atoms with E-state index >= 15 is 0 Å². The van der Waals surface area contributed by atoms with Crippen LogP contribution in [0.1, 0.15) is 45.4 Å². The van der Waals surface area contributed by atoms with Gasteiger partial charge in [0.1, 0.15) is 0 Å². The number of hydrogen-bond donors (Lipinski definition) is 1. The molecule has 2 heteroatoms. The van der Waals surface area contributed by atoms with Gasteiger partial charge in [-0.05, 0) is 12.8 Å². The first-order valence-corrected chi connectivity index (χ1v) is 5.75. The number of aliphatic hydroxyl groups is 1. The third-order valence-corrected chi connectivity index (χ3v) is 2.31. The zero-order valence-electron chi connectivity index (χ0n) is 8.51. The van der Waals surface area contributed by atoms with Crippen LogP contribution in [0.2, 0.25) is 0 Å². The van der Waals surface area contributed by atoms with E-state index in [1.54, 1.807) is 6.08 Å². The zero-order valence-corrected chi connectivity index (χ0v) is 9.26. The lowest BCUT2D eigenvalue weighted by Crippen LogP contribution is -2.02. The van der Waals surface area contributed by atoms with Gasteiger partial charge in [0.05, 0.1) is 12.0 Å². The molecule has 0 aliphatic rings. The summed E-state index contributed by atoms with van der Waals surface area (Å²) in [5.41, 5.74) is 0. The third kappa shape index (κ3) is 9.91. The van der Waals surface area contributed by atoms with Crippen molar-refractivity contribution in [1.82, 2.24) is 0 Å². The highest BCUT2D eigenvalue weighted by atomic mass is 35.5. The Morgan fingerprint density at radius 1 is 1.23 bits per heavy atom. The van der Waals surface area contributed by atoms with Gasteiger partial charge < -0.3 is 5.11 Å². The summed E-state index contributed by atoms with van der Waals surface area (Å²) < 4.78 is 0. The summed E-state index contributed by atoms with van der Waals surface area (Å²) >= 11 is 5.43. The summed E-state index contributed by atoms with van der Waals surface area (Å²) in [4.78, 5) is 0. The number of allylic oxidation sites excluding steroid dienone is 1. The molecule has 0 aromatic rings. The molecule has 0 heterocycles. The maximum atomic E-state index is 9.08. The fourth-order valence-electron chi connectivity index (χ4n) is 1.17. The molecule has 0 aromatic heterocycles. The quantitative estimate of drug-likeness (QED) is 0.365. The van der Waals surface area contributed by atoms with Crippen molar-refractivity contribution in [3.05, 3.63) is 12.2 Å². The number of alkyl halides is 1. The van der Waals surface area contributed by atoms with Crippen LogP contribution in [0, 0.1) is 0 Å². The summed E-state index contributed by atoms with van der Waals surface area (Å²) in [6.07, 6.45) is 10.9. The van der Waals surface area contributed by atoms with Crippen molar-refractivity contribution in [3.8, 4) is 0 Å². The van der Waals surface area contributed by atoms with Crippen molar-refractivity contribution in [2.45, 2.75) is 51.6 Å². The molecule has 0 saturated heterocycles. The molecular formula is C11H21ClO. The van der Waals surface area contributed by atoms with Crippen LogP contribution < -0.4 is 0 Å². The van der Waals surface area contributed by atoms with Crippen LogP contribution in [0.15, 0.2) is 12.2 Å². The van der Waals surface area contributed by atoms with Crippen LogP contribution >= 0.6 is 11.6 Å². The summed E-state index contributed by atoms with van der Waals surface area (Å²) in [5, 5.41) is 9.08. The Morgan fingerprint density at radius 2 is 1.92 bits per heavy atom. The highest BCUT2D eigenvalue weighted by Gasteiger charge is 1.92. The van der Waals surface area contributed by atoms with E-state index in [1.807, 2.05) is 6.08 Å². The van der Waals surface area contributed by atoms with Crippen molar-refractivity contribution < 1.29 is 5.11 Å². The van der Waals surface area contributed by atoms with Crippen molar-refractivity contribution in [2.75, 3.05) is 5.88 Å². The first kappa shape index (κ1) is 13.0. The average molecular weight is 205 g/mol. The van der Waals surface area contributed by atoms with Crippen LogP contribution in [0.4, 0.5) is 0 Å². The van der Waals surface area contributed by atoms with Crippen molar-refractivity contribution >= 4 is 11.6 Å². The molecule has 13 heavy (non-hydrogen) atoms. The largest absolute Gasteiger partial charge is 0.388 e. The van der Waals surface area contributed by atoms with Crippen molar-refractivity contribution in [3.63, 3.8) is 0 Å². The fraction of sp³-hybridized carbons (Fsp3) is 0.818. The summed E-state index contributed by atoms with van der Waals surface area (Å²) in [7, 11) is 0. The standard InChI is InChI=1S/C11H21ClO/c1-2-3-4-5-6-7-8-9-11(13)10-12/h8-9,11,13H,2-7,10H2,1H3. The van der Waals surface area contributed by atoms with Gasteiger partial charge in [-0.2, -0.15) is 0 Å². The first-order valence-electron chi connectivity index (χ1n) is 5.22. The van der Waals surface area contributed by atoms with Crippen LogP contribution in [-0.2, 0) is 0 Å². The van der Waals surface area contributed by atoms with Gasteiger partial charge in [0, 0.05) is 0 Å². The Morgan fingerprint density at radius 3 is 2.54 bits per heavy atom. The van der Waals surface area contributed by atoms with Gasteiger partial charge in [-0.1, -0.05) is 44.8 Å². The van der Waals surface area contributed by atoms with Crippen LogP contribution in [0.3, 0.4) is 0 Å². The molecule has 0 bridgehead atoms. The molecule has 0 aromatic carbocycles. The van der Waals surface area contributed by atoms with Crippen LogP contribution in [0.5, 0.6) is 0 Å². The smallest absolute Gasteiger partial charge is 0.0856 e. The molecule has 1 atom stereocenters. The van der Waals surface area contributed by atoms with E-state index in [0.717, 1.165) is 6.42 Å². The summed E-state index contributed by atoms with van der Waals surface area (Å²) in [6, 6.07) is 0. The Labute approximate surface area is 86.8 Å². The fourth-order valence-corrected chi connectivity index (χ4v) is 1.27. The summed E-state index contributed by atoms with van der Waals surface area (Å²) in [5.74, 6) is 0.298. The molecule has 1 N–H and O–H groups in total. The van der Waals surface area contributed by atoms with Gasteiger partial charge in [0.15, 0.2) is 0 Å². The molecule has 0 rings (SSSR count). The molecule has 1 unspecified atom stereocenters. The molecule has 0 aliphatic heterocycles. The van der Waals surface area contributed by atoms with Gasteiger partial charge in [-0.3, -0.25) is 0 Å². The van der Waals surface area contributed by atoms with E-state index in [2.05, 4.69) is 6.92 Å². The molecule has 0 amide bonds. The van der Waals surface area contributed by atoms with Gasteiger partial charge in [0.25, 0.3) is 0 Å². The Bertz CT molecular complexity index is 123. The number of halogens is 1. The Kier molecular flexibility index (Phi) is 10.1. The topological polar surface area (TPSA) is 20.2 Å². The van der Waals surface area contributed by atoms with E-state index in [0.29, 0.717) is 5.88 Å². The highest BCUT2D eigenvalue weighted by molar-refractivity contribution is 6.18. The normalized spacial score (nSPS) is 13.8. The van der Waals surface area contributed by atoms with Gasteiger partial charge in [0.2, 0.25) is 0 Å². The van der Waals surface area contributed by atoms with Crippen molar-refractivity contribution in [1.29, 1.82) is 0 Å². The van der Waals surface area contributed by atoms with E-state index in [9.17, 15) is 0 Å².